The molecule has 0 aliphatic carbocycles. The molecule has 0 saturated heterocycles. The van der Waals surface area contributed by atoms with Crippen LogP contribution in [0.15, 0.2) is 85.6 Å². The van der Waals surface area contributed by atoms with Gasteiger partial charge in [0.25, 0.3) is 5.91 Å². The van der Waals surface area contributed by atoms with Crippen molar-refractivity contribution in [3.63, 3.8) is 0 Å². The predicted octanol–water partition coefficient (Wildman–Crippen LogP) is 4.15. The van der Waals surface area contributed by atoms with Gasteiger partial charge >= 0.3 is 0 Å². The van der Waals surface area contributed by atoms with Crippen LogP contribution in [0.4, 0.5) is 5.82 Å². The molecule has 2 amide bonds. The maximum Gasteiger partial charge on any atom is 0.259 e. The Balaban J connectivity index is 1.32. The van der Waals surface area contributed by atoms with Crippen LogP contribution in [0.5, 0.6) is 0 Å². The zero-order valence-electron chi connectivity index (χ0n) is 16.8. The number of hydrogen-bond acceptors (Lipinski definition) is 3. The average Bonchev–Trinajstić information content (AvgIpc) is 3.32. The first-order valence-electron chi connectivity index (χ1n) is 10.0. The molecule has 0 saturated carbocycles. The highest BCUT2D eigenvalue weighted by atomic mass is 16.2. The summed E-state index contributed by atoms with van der Waals surface area (Å²) in [5, 5.41) is 9.55. The van der Waals surface area contributed by atoms with Gasteiger partial charge in [0.2, 0.25) is 5.91 Å². The lowest BCUT2D eigenvalue weighted by Gasteiger charge is -2.17. The van der Waals surface area contributed by atoms with Crippen molar-refractivity contribution < 1.29 is 9.59 Å². The average molecular weight is 408 g/mol. The third-order valence-electron chi connectivity index (χ3n) is 5.53. The SMILES string of the molecule is C=C1c2ccccc2C(=O)N1CC(=O)Nc1ccnn1Cc1cccc2ccccc12. The lowest BCUT2D eigenvalue weighted by molar-refractivity contribution is -0.116. The van der Waals surface area contributed by atoms with Crippen LogP contribution in [-0.2, 0) is 11.3 Å². The highest BCUT2D eigenvalue weighted by molar-refractivity contribution is 6.11. The van der Waals surface area contributed by atoms with Crippen molar-refractivity contribution in [3.05, 3.63) is 102 Å². The van der Waals surface area contributed by atoms with Gasteiger partial charge < -0.3 is 5.32 Å². The van der Waals surface area contributed by atoms with Crippen molar-refractivity contribution >= 4 is 34.1 Å². The molecule has 0 spiro atoms. The second-order valence-electron chi connectivity index (χ2n) is 7.44. The van der Waals surface area contributed by atoms with Crippen molar-refractivity contribution in [2.24, 2.45) is 0 Å². The summed E-state index contributed by atoms with van der Waals surface area (Å²) < 4.78 is 1.75. The molecular formula is C25H20N4O2. The van der Waals surface area contributed by atoms with Crippen molar-refractivity contribution in [2.45, 2.75) is 6.54 Å². The van der Waals surface area contributed by atoms with E-state index >= 15 is 0 Å². The van der Waals surface area contributed by atoms with Gasteiger partial charge in [-0.15, -0.1) is 0 Å². The summed E-state index contributed by atoms with van der Waals surface area (Å²) in [6.07, 6.45) is 1.65. The van der Waals surface area contributed by atoms with Crippen molar-refractivity contribution in [3.8, 4) is 0 Å². The van der Waals surface area contributed by atoms with Crippen molar-refractivity contribution in [2.75, 3.05) is 11.9 Å². The van der Waals surface area contributed by atoms with Crippen LogP contribution in [0, 0.1) is 0 Å². The molecule has 152 valence electrons. The number of nitrogens with one attached hydrogen (secondary N) is 1. The van der Waals surface area contributed by atoms with Gasteiger partial charge in [-0.2, -0.15) is 5.10 Å². The van der Waals surface area contributed by atoms with E-state index in [0.29, 0.717) is 23.6 Å². The first-order valence-corrected chi connectivity index (χ1v) is 10.0. The van der Waals surface area contributed by atoms with Gasteiger partial charge in [0.15, 0.2) is 0 Å². The van der Waals surface area contributed by atoms with E-state index in [1.165, 1.54) is 4.90 Å². The van der Waals surface area contributed by atoms with Crippen LogP contribution in [0.1, 0.15) is 21.5 Å². The minimum atomic E-state index is -0.304. The fraction of sp³-hybridized carbons (Fsp3) is 0.0800. The van der Waals surface area contributed by atoms with E-state index in [4.69, 9.17) is 0 Å². The number of nitrogens with zero attached hydrogens (tertiary/aromatic N) is 3. The van der Waals surface area contributed by atoms with Gasteiger partial charge in [-0.1, -0.05) is 67.2 Å². The molecule has 0 fully saturated rings. The number of fused-ring (bicyclic) bond motifs is 2. The molecule has 6 heteroatoms. The van der Waals surface area contributed by atoms with Crippen LogP contribution in [0.2, 0.25) is 0 Å². The molecule has 2 heterocycles. The quantitative estimate of drug-likeness (QED) is 0.539. The Kier molecular flexibility index (Phi) is 4.59. The maximum absolute atomic E-state index is 12.7. The van der Waals surface area contributed by atoms with Gasteiger partial charge in [-0.3, -0.25) is 14.5 Å². The molecule has 6 nitrogen and oxygen atoms in total. The van der Waals surface area contributed by atoms with E-state index in [-0.39, 0.29) is 18.4 Å². The molecule has 1 aliphatic heterocycles. The fourth-order valence-electron chi connectivity index (χ4n) is 3.98. The number of amides is 2. The number of aromatic nitrogens is 2. The molecule has 1 aliphatic rings. The molecule has 0 atom stereocenters. The summed E-state index contributed by atoms with van der Waals surface area (Å²) >= 11 is 0. The van der Waals surface area contributed by atoms with Gasteiger partial charge in [0.05, 0.1) is 12.7 Å². The number of rotatable bonds is 5. The van der Waals surface area contributed by atoms with Crippen molar-refractivity contribution in [1.29, 1.82) is 0 Å². The first-order chi connectivity index (χ1) is 15.1. The Morgan fingerprint density at radius 3 is 2.52 bits per heavy atom. The van der Waals surface area contributed by atoms with Gasteiger partial charge in [0.1, 0.15) is 12.4 Å². The highest BCUT2D eigenvalue weighted by Crippen LogP contribution is 2.30. The lowest BCUT2D eigenvalue weighted by Crippen LogP contribution is -2.33. The summed E-state index contributed by atoms with van der Waals surface area (Å²) in [7, 11) is 0. The maximum atomic E-state index is 12.7. The van der Waals surface area contributed by atoms with Crippen molar-refractivity contribution in [1.82, 2.24) is 14.7 Å². The van der Waals surface area contributed by atoms with Crippen LogP contribution in [0.25, 0.3) is 16.5 Å². The second-order valence-corrected chi connectivity index (χ2v) is 7.44. The second kappa shape index (κ2) is 7.57. The third kappa shape index (κ3) is 3.38. The predicted molar refractivity (Wildman–Crippen MR) is 120 cm³/mol. The molecule has 0 radical (unpaired) electrons. The Bertz CT molecular complexity index is 1300. The molecular weight excluding hydrogens is 388 g/mol. The number of carbonyl (C=O) groups excluding carboxylic acids is 2. The van der Waals surface area contributed by atoms with Crippen LogP contribution < -0.4 is 5.32 Å². The Morgan fingerprint density at radius 1 is 0.935 bits per heavy atom. The summed E-state index contributed by atoms with van der Waals surface area (Å²) in [5.74, 6) is 0.0645. The molecule has 5 rings (SSSR count). The number of benzene rings is 3. The number of anilines is 1. The summed E-state index contributed by atoms with van der Waals surface area (Å²) in [6, 6.07) is 23.3. The van der Waals surface area contributed by atoms with Crippen LogP contribution in [-0.4, -0.2) is 33.0 Å². The largest absolute Gasteiger partial charge is 0.309 e. The van der Waals surface area contributed by atoms with E-state index in [1.807, 2.05) is 30.3 Å². The van der Waals surface area contributed by atoms with Gasteiger partial charge in [0, 0.05) is 22.9 Å². The topological polar surface area (TPSA) is 67.2 Å². The highest BCUT2D eigenvalue weighted by Gasteiger charge is 2.32. The van der Waals surface area contributed by atoms with E-state index in [1.54, 1.807) is 29.1 Å². The monoisotopic (exact) mass is 408 g/mol. The zero-order valence-corrected chi connectivity index (χ0v) is 16.8. The minimum absolute atomic E-state index is 0.105. The number of hydrogen-bond donors (Lipinski definition) is 1. The molecule has 4 aromatic rings. The van der Waals surface area contributed by atoms with Crippen LogP contribution in [0.3, 0.4) is 0 Å². The Morgan fingerprint density at radius 2 is 1.68 bits per heavy atom. The number of carbonyl (C=O) groups is 2. The van der Waals surface area contributed by atoms with E-state index in [9.17, 15) is 9.59 Å². The zero-order chi connectivity index (χ0) is 21.4. The molecule has 0 unspecified atom stereocenters. The first kappa shape index (κ1) is 18.8. The lowest BCUT2D eigenvalue weighted by atomic mass is 10.0. The Hall–Kier alpha value is -4.19. The van der Waals surface area contributed by atoms with E-state index < -0.39 is 0 Å². The summed E-state index contributed by atoms with van der Waals surface area (Å²) in [5.41, 5.74) is 2.98. The molecule has 3 aromatic carbocycles. The van der Waals surface area contributed by atoms with Gasteiger partial charge in [-0.25, -0.2) is 4.68 Å². The smallest absolute Gasteiger partial charge is 0.259 e. The third-order valence-corrected chi connectivity index (χ3v) is 5.53. The molecule has 0 bridgehead atoms. The Labute approximate surface area is 179 Å². The van der Waals surface area contributed by atoms with Crippen LogP contribution >= 0.6 is 0 Å². The van der Waals surface area contributed by atoms with E-state index in [0.717, 1.165) is 21.9 Å². The van der Waals surface area contributed by atoms with Gasteiger partial charge in [-0.05, 0) is 22.4 Å². The summed E-state index contributed by atoms with van der Waals surface area (Å²) in [6.45, 7) is 4.40. The molecule has 31 heavy (non-hydrogen) atoms. The van der Waals surface area contributed by atoms with E-state index in [2.05, 4.69) is 41.3 Å². The molecule has 1 N–H and O–H groups in total. The minimum Gasteiger partial charge on any atom is -0.309 e. The fourth-order valence-corrected chi connectivity index (χ4v) is 3.98. The standard InChI is InChI=1S/C25H20N4O2/c1-17-20-10-4-5-12-22(20)25(31)28(17)16-24(30)27-23-13-14-26-29(23)15-19-9-6-8-18-7-2-3-11-21(18)19/h2-14H,1,15-16H2,(H,27,30). The normalized spacial score (nSPS) is 13.0. The molecule has 1 aromatic heterocycles. The summed E-state index contributed by atoms with van der Waals surface area (Å²) in [4.78, 5) is 26.8.